The molecule has 0 aromatic heterocycles. The minimum atomic E-state index is 0.239. The maximum absolute atomic E-state index is 6.19. The zero-order valence-electron chi connectivity index (χ0n) is 11.7. The van der Waals surface area contributed by atoms with Gasteiger partial charge in [0.2, 0.25) is 0 Å². The van der Waals surface area contributed by atoms with Gasteiger partial charge in [-0.3, -0.25) is 0 Å². The smallest absolute Gasteiger partial charge is 0.0701 e. The fourth-order valence-electron chi connectivity index (χ4n) is 3.36. The van der Waals surface area contributed by atoms with E-state index in [4.69, 9.17) is 4.74 Å². The van der Waals surface area contributed by atoms with Gasteiger partial charge in [0.25, 0.3) is 0 Å². The molecule has 0 bridgehead atoms. The van der Waals surface area contributed by atoms with Crippen LogP contribution in [0.5, 0.6) is 0 Å². The van der Waals surface area contributed by atoms with E-state index in [1.165, 1.54) is 49.4 Å². The largest absolute Gasteiger partial charge is 0.375 e. The molecule has 2 atom stereocenters. The highest BCUT2D eigenvalue weighted by Crippen LogP contribution is 2.41. The summed E-state index contributed by atoms with van der Waals surface area (Å²) in [7, 11) is 2.13. The zero-order chi connectivity index (χ0) is 12.8. The molecule has 18 heavy (non-hydrogen) atoms. The van der Waals surface area contributed by atoms with Gasteiger partial charge in [-0.15, -0.1) is 0 Å². The van der Waals surface area contributed by atoms with Gasteiger partial charge in [-0.1, -0.05) is 0 Å². The van der Waals surface area contributed by atoms with Crippen LogP contribution in [0.15, 0.2) is 0 Å². The van der Waals surface area contributed by atoms with E-state index in [1.54, 1.807) is 0 Å². The van der Waals surface area contributed by atoms with Crippen molar-refractivity contribution < 1.29 is 4.74 Å². The Labute approximate surface area is 120 Å². The minimum Gasteiger partial charge on any atom is -0.375 e. The Balaban J connectivity index is 1.91. The molecule has 106 valence electrons. The van der Waals surface area contributed by atoms with E-state index in [0.29, 0.717) is 6.04 Å². The van der Waals surface area contributed by atoms with Crippen molar-refractivity contribution in [2.45, 2.75) is 43.7 Å². The van der Waals surface area contributed by atoms with Crippen LogP contribution in [0.25, 0.3) is 0 Å². The second-order valence-electron chi connectivity index (χ2n) is 5.57. The van der Waals surface area contributed by atoms with Crippen molar-refractivity contribution in [3.63, 3.8) is 0 Å². The fourth-order valence-corrected chi connectivity index (χ4v) is 5.09. The lowest BCUT2D eigenvalue weighted by molar-refractivity contribution is -0.107. The Hall–Kier alpha value is 0.620. The Morgan fingerprint density at radius 1 is 1.44 bits per heavy atom. The predicted octanol–water partition coefficient (Wildman–Crippen LogP) is 3.02. The van der Waals surface area contributed by atoms with Crippen molar-refractivity contribution >= 4 is 23.5 Å². The van der Waals surface area contributed by atoms with Gasteiger partial charge in [-0.05, 0) is 68.6 Å². The van der Waals surface area contributed by atoms with Gasteiger partial charge in [0.05, 0.1) is 5.60 Å². The molecule has 0 aromatic carbocycles. The van der Waals surface area contributed by atoms with Crippen molar-refractivity contribution in [2.24, 2.45) is 5.92 Å². The topological polar surface area (TPSA) is 21.3 Å². The quantitative estimate of drug-likeness (QED) is 0.839. The second kappa shape index (κ2) is 7.41. The third-order valence-corrected chi connectivity index (χ3v) is 6.14. The molecule has 2 aliphatic heterocycles. The Kier molecular flexibility index (Phi) is 6.19. The second-order valence-corrected chi connectivity index (χ2v) is 7.78. The van der Waals surface area contributed by atoms with Crippen LogP contribution in [0.4, 0.5) is 0 Å². The van der Waals surface area contributed by atoms with E-state index < -0.39 is 0 Å². The molecule has 0 amide bonds. The summed E-state index contributed by atoms with van der Waals surface area (Å²) in [6.07, 6.45) is 8.58. The number of thioether (sulfide) groups is 2. The van der Waals surface area contributed by atoms with Crippen LogP contribution in [0.2, 0.25) is 0 Å². The maximum atomic E-state index is 6.19. The van der Waals surface area contributed by atoms with Gasteiger partial charge in [0.15, 0.2) is 0 Å². The number of nitrogens with one attached hydrogen (secondary N) is 1. The summed E-state index contributed by atoms with van der Waals surface area (Å²) in [4.78, 5) is 0. The average molecular weight is 290 g/mol. The lowest BCUT2D eigenvalue weighted by Crippen LogP contribution is -2.48. The minimum absolute atomic E-state index is 0.239. The van der Waals surface area contributed by atoms with Crippen LogP contribution in [0.3, 0.4) is 0 Å². The van der Waals surface area contributed by atoms with Crippen molar-refractivity contribution in [1.82, 2.24) is 5.32 Å². The monoisotopic (exact) mass is 289 g/mol. The molecule has 4 heteroatoms. The summed E-state index contributed by atoms with van der Waals surface area (Å²) in [6.45, 7) is 0.979. The number of rotatable bonds is 5. The van der Waals surface area contributed by atoms with Crippen LogP contribution in [-0.2, 0) is 4.74 Å². The highest BCUT2D eigenvalue weighted by Gasteiger charge is 2.40. The third kappa shape index (κ3) is 3.81. The fraction of sp³-hybridized carbons (Fsp3) is 1.00. The molecule has 2 aliphatic rings. The molecular formula is C14H27NOS2. The number of hydrogen-bond acceptors (Lipinski definition) is 4. The van der Waals surface area contributed by atoms with E-state index in [1.807, 2.05) is 11.8 Å². The Bertz CT molecular complexity index is 238. The molecule has 0 saturated carbocycles. The molecule has 2 saturated heterocycles. The van der Waals surface area contributed by atoms with Gasteiger partial charge in [0.1, 0.15) is 0 Å². The predicted molar refractivity (Wildman–Crippen MR) is 83.8 cm³/mol. The van der Waals surface area contributed by atoms with E-state index in [9.17, 15) is 0 Å². The lowest BCUT2D eigenvalue weighted by atomic mass is 9.78. The summed E-state index contributed by atoms with van der Waals surface area (Å²) in [6, 6.07) is 0.688. The first kappa shape index (κ1) is 15.0. The van der Waals surface area contributed by atoms with Crippen LogP contribution in [0, 0.1) is 5.92 Å². The lowest BCUT2D eigenvalue weighted by Gasteiger charge is -2.45. The van der Waals surface area contributed by atoms with Crippen molar-refractivity contribution in [3.05, 3.63) is 0 Å². The summed E-state index contributed by atoms with van der Waals surface area (Å²) >= 11 is 4.05. The SMILES string of the molecule is CNC(CCSC)C1CCOC2(CCSCC2)C1. The standard InChI is InChI=1S/C14H27NOS2/c1-15-13(4-8-17-2)12-3-7-16-14(11-12)5-9-18-10-6-14/h12-13,15H,3-11H2,1-2H3. The number of ether oxygens (including phenoxy) is 1. The van der Waals surface area contributed by atoms with Crippen molar-refractivity contribution in [1.29, 1.82) is 0 Å². The van der Waals surface area contributed by atoms with E-state index in [0.717, 1.165) is 12.5 Å². The van der Waals surface area contributed by atoms with E-state index >= 15 is 0 Å². The molecule has 0 radical (unpaired) electrons. The third-order valence-electron chi connectivity index (χ3n) is 4.51. The van der Waals surface area contributed by atoms with Crippen LogP contribution in [0.1, 0.15) is 32.1 Å². The molecule has 2 heterocycles. The summed E-state index contributed by atoms with van der Waals surface area (Å²) in [5, 5.41) is 3.55. The molecule has 0 aromatic rings. The molecule has 2 nitrogen and oxygen atoms in total. The maximum Gasteiger partial charge on any atom is 0.0701 e. The summed E-state index contributed by atoms with van der Waals surface area (Å²) in [5.74, 6) is 4.67. The number of hydrogen-bond donors (Lipinski definition) is 1. The van der Waals surface area contributed by atoms with E-state index in [-0.39, 0.29) is 5.60 Å². The molecular weight excluding hydrogens is 262 g/mol. The van der Waals surface area contributed by atoms with E-state index in [2.05, 4.69) is 30.4 Å². The molecule has 2 unspecified atom stereocenters. The van der Waals surface area contributed by atoms with Gasteiger partial charge >= 0.3 is 0 Å². The normalized spacial score (nSPS) is 29.3. The summed E-state index contributed by atoms with van der Waals surface area (Å²) in [5.41, 5.74) is 0.239. The van der Waals surface area contributed by atoms with Gasteiger partial charge in [-0.2, -0.15) is 23.5 Å². The molecule has 0 aliphatic carbocycles. The first-order chi connectivity index (χ1) is 8.79. The Morgan fingerprint density at radius 3 is 2.89 bits per heavy atom. The summed E-state index contributed by atoms with van der Waals surface area (Å²) < 4.78 is 6.19. The highest BCUT2D eigenvalue weighted by molar-refractivity contribution is 7.99. The van der Waals surface area contributed by atoms with Crippen molar-refractivity contribution in [3.8, 4) is 0 Å². The van der Waals surface area contributed by atoms with Gasteiger partial charge in [-0.25, -0.2) is 0 Å². The molecule has 1 N–H and O–H groups in total. The molecule has 1 spiro atoms. The first-order valence-corrected chi connectivity index (χ1v) is 9.72. The highest BCUT2D eigenvalue weighted by atomic mass is 32.2. The molecule has 2 fully saturated rings. The van der Waals surface area contributed by atoms with Crippen molar-refractivity contribution in [2.75, 3.05) is 37.2 Å². The zero-order valence-corrected chi connectivity index (χ0v) is 13.4. The first-order valence-electron chi connectivity index (χ1n) is 7.17. The van der Waals surface area contributed by atoms with Crippen LogP contribution < -0.4 is 5.32 Å². The van der Waals surface area contributed by atoms with Crippen LogP contribution in [-0.4, -0.2) is 48.8 Å². The van der Waals surface area contributed by atoms with Gasteiger partial charge < -0.3 is 10.1 Å². The van der Waals surface area contributed by atoms with Gasteiger partial charge in [0, 0.05) is 12.6 Å². The van der Waals surface area contributed by atoms with Crippen LogP contribution >= 0.6 is 23.5 Å². The Morgan fingerprint density at radius 2 is 2.22 bits per heavy atom. The molecule has 2 rings (SSSR count). The average Bonchev–Trinajstić information content (AvgIpc) is 2.41.